The second-order valence-corrected chi connectivity index (χ2v) is 3.91. The number of nitrogens with zero attached hydrogens (tertiary/aromatic N) is 4. The van der Waals surface area contributed by atoms with E-state index in [9.17, 15) is 0 Å². The summed E-state index contributed by atoms with van der Waals surface area (Å²) in [4.78, 5) is 8.12. The van der Waals surface area contributed by atoms with Gasteiger partial charge in [0.15, 0.2) is 5.82 Å². The molecule has 0 amide bonds. The highest BCUT2D eigenvalue weighted by molar-refractivity contribution is 4.82. The lowest BCUT2D eigenvalue weighted by atomic mass is 10.3. The van der Waals surface area contributed by atoms with Gasteiger partial charge in [0.1, 0.15) is 0 Å². The predicted molar refractivity (Wildman–Crippen MR) is 62.2 cm³/mol. The average molecular weight is 235 g/mol. The number of hydrogen-bond donors (Lipinski definition) is 1. The van der Waals surface area contributed by atoms with Crippen molar-refractivity contribution in [3.05, 3.63) is 30.4 Å². The Morgan fingerprint density at radius 2 is 2.35 bits per heavy atom. The van der Waals surface area contributed by atoms with Crippen LogP contribution in [0, 0.1) is 6.92 Å². The Labute approximate surface area is 100 Å². The number of nitrogens with one attached hydrogen (secondary N) is 1. The van der Waals surface area contributed by atoms with Gasteiger partial charge in [-0.2, -0.15) is 4.98 Å². The molecule has 2 rings (SSSR count). The SMILES string of the molecule is Cc1nc(CNCCCCn2ccnc2)no1. The Bertz CT molecular complexity index is 423. The molecule has 6 heteroatoms. The molecule has 2 aromatic rings. The summed E-state index contributed by atoms with van der Waals surface area (Å²) < 4.78 is 6.97. The number of aryl methyl sites for hydroxylation is 2. The maximum atomic E-state index is 4.88. The van der Waals surface area contributed by atoms with E-state index in [4.69, 9.17) is 4.52 Å². The largest absolute Gasteiger partial charge is 0.340 e. The van der Waals surface area contributed by atoms with E-state index >= 15 is 0 Å². The minimum atomic E-state index is 0.613. The summed E-state index contributed by atoms with van der Waals surface area (Å²) in [7, 11) is 0. The summed E-state index contributed by atoms with van der Waals surface area (Å²) in [6, 6.07) is 0. The van der Waals surface area contributed by atoms with Crippen molar-refractivity contribution in [2.24, 2.45) is 0 Å². The van der Waals surface area contributed by atoms with E-state index < -0.39 is 0 Å². The lowest BCUT2D eigenvalue weighted by Gasteiger charge is -2.03. The highest BCUT2D eigenvalue weighted by atomic mass is 16.5. The van der Waals surface area contributed by atoms with Crippen LogP contribution in [-0.2, 0) is 13.1 Å². The molecular formula is C11H17N5O. The molecule has 17 heavy (non-hydrogen) atoms. The zero-order chi connectivity index (χ0) is 11.9. The summed E-state index contributed by atoms with van der Waals surface area (Å²) in [6.45, 7) is 4.44. The van der Waals surface area contributed by atoms with Crippen molar-refractivity contribution >= 4 is 0 Å². The second-order valence-electron chi connectivity index (χ2n) is 3.91. The van der Waals surface area contributed by atoms with Crippen LogP contribution in [0.15, 0.2) is 23.2 Å². The molecule has 0 fully saturated rings. The molecule has 0 bridgehead atoms. The number of rotatable bonds is 7. The van der Waals surface area contributed by atoms with E-state index in [-0.39, 0.29) is 0 Å². The monoisotopic (exact) mass is 235 g/mol. The highest BCUT2D eigenvalue weighted by Crippen LogP contribution is 1.96. The van der Waals surface area contributed by atoms with Crippen LogP contribution in [-0.4, -0.2) is 26.2 Å². The van der Waals surface area contributed by atoms with Gasteiger partial charge in [0.2, 0.25) is 5.89 Å². The van der Waals surface area contributed by atoms with Crippen LogP contribution in [0.25, 0.3) is 0 Å². The van der Waals surface area contributed by atoms with Gasteiger partial charge in [-0.25, -0.2) is 4.98 Å². The van der Waals surface area contributed by atoms with E-state index in [1.54, 1.807) is 13.1 Å². The van der Waals surface area contributed by atoms with Gasteiger partial charge in [0.25, 0.3) is 0 Å². The average Bonchev–Trinajstić information content (AvgIpc) is 2.95. The minimum Gasteiger partial charge on any atom is -0.340 e. The topological polar surface area (TPSA) is 68.8 Å². The molecule has 0 radical (unpaired) electrons. The first-order valence-electron chi connectivity index (χ1n) is 5.80. The van der Waals surface area contributed by atoms with Gasteiger partial charge in [-0.05, 0) is 19.4 Å². The Morgan fingerprint density at radius 1 is 1.41 bits per heavy atom. The zero-order valence-corrected chi connectivity index (χ0v) is 9.96. The highest BCUT2D eigenvalue weighted by Gasteiger charge is 2.00. The van der Waals surface area contributed by atoms with Crippen LogP contribution < -0.4 is 5.32 Å². The third-order valence-corrected chi connectivity index (χ3v) is 2.43. The van der Waals surface area contributed by atoms with Gasteiger partial charge in [-0.1, -0.05) is 5.16 Å². The lowest BCUT2D eigenvalue weighted by molar-refractivity contribution is 0.385. The summed E-state index contributed by atoms with van der Waals surface area (Å²) >= 11 is 0. The van der Waals surface area contributed by atoms with Crippen molar-refractivity contribution in [2.45, 2.75) is 32.9 Å². The van der Waals surface area contributed by atoms with Crippen LogP contribution in [0.5, 0.6) is 0 Å². The van der Waals surface area contributed by atoms with Gasteiger partial charge in [0, 0.05) is 25.9 Å². The van der Waals surface area contributed by atoms with Gasteiger partial charge in [0.05, 0.1) is 12.9 Å². The number of imidazole rings is 1. The molecule has 0 aliphatic heterocycles. The third-order valence-electron chi connectivity index (χ3n) is 2.43. The summed E-state index contributed by atoms with van der Waals surface area (Å²) in [5, 5.41) is 7.10. The van der Waals surface area contributed by atoms with E-state index in [0.29, 0.717) is 12.4 Å². The minimum absolute atomic E-state index is 0.613. The maximum absolute atomic E-state index is 4.88. The van der Waals surface area contributed by atoms with E-state index in [1.165, 1.54) is 0 Å². The van der Waals surface area contributed by atoms with Crippen LogP contribution >= 0.6 is 0 Å². The molecule has 92 valence electrons. The molecule has 2 aromatic heterocycles. The Balaban J connectivity index is 1.52. The van der Waals surface area contributed by atoms with Crippen molar-refractivity contribution < 1.29 is 4.52 Å². The predicted octanol–water partition coefficient (Wildman–Crippen LogP) is 1.14. The molecule has 0 aliphatic rings. The van der Waals surface area contributed by atoms with Gasteiger partial charge in [-0.3, -0.25) is 0 Å². The maximum Gasteiger partial charge on any atom is 0.223 e. The first kappa shape index (κ1) is 11.8. The molecule has 0 saturated heterocycles. The summed E-state index contributed by atoms with van der Waals surface area (Å²) in [5.74, 6) is 1.33. The van der Waals surface area contributed by atoms with Crippen molar-refractivity contribution in [1.29, 1.82) is 0 Å². The third kappa shape index (κ3) is 3.99. The van der Waals surface area contributed by atoms with Crippen molar-refractivity contribution in [3.8, 4) is 0 Å². The Kier molecular flexibility index (Phi) is 4.26. The van der Waals surface area contributed by atoms with Gasteiger partial charge >= 0.3 is 0 Å². The van der Waals surface area contributed by atoms with Crippen molar-refractivity contribution in [2.75, 3.05) is 6.54 Å². The van der Waals surface area contributed by atoms with Crippen molar-refractivity contribution in [3.63, 3.8) is 0 Å². The Hall–Kier alpha value is -1.69. The standard InChI is InChI=1S/C11H17N5O/c1-10-14-11(15-17-10)8-12-4-2-3-6-16-7-5-13-9-16/h5,7,9,12H,2-4,6,8H2,1H3. The van der Waals surface area contributed by atoms with E-state index in [1.807, 2.05) is 12.5 Å². The normalized spacial score (nSPS) is 10.9. The fourth-order valence-corrected chi connectivity index (χ4v) is 1.58. The van der Waals surface area contributed by atoms with Crippen molar-refractivity contribution in [1.82, 2.24) is 25.0 Å². The fourth-order valence-electron chi connectivity index (χ4n) is 1.58. The molecule has 2 heterocycles. The molecule has 0 spiro atoms. The smallest absolute Gasteiger partial charge is 0.223 e. The molecule has 1 N–H and O–H groups in total. The summed E-state index contributed by atoms with van der Waals surface area (Å²) in [6.07, 6.45) is 7.88. The van der Waals surface area contributed by atoms with Crippen LogP contribution in [0.2, 0.25) is 0 Å². The Morgan fingerprint density at radius 3 is 3.06 bits per heavy atom. The molecule has 0 saturated carbocycles. The molecule has 0 aromatic carbocycles. The first-order chi connectivity index (χ1) is 8.34. The lowest BCUT2D eigenvalue weighted by Crippen LogP contribution is -2.16. The molecule has 6 nitrogen and oxygen atoms in total. The van der Waals surface area contributed by atoms with Crippen LogP contribution in [0.1, 0.15) is 24.6 Å². The number of unbranched alkanes of at least 4 members (excludes halogenated alkanes) is 1. The zero-order valence-electron chi connectivity index (χ0n) is 9.96. The first-order valence-corrected chi connectivity index (χ1v) is 5.80. The molecule has 0 aliphatic carbocycles. The fraction of sp³-hybridized carbons (Fsp3) is 0.545. The van der Waals surface area contributed by atoms with E-state index in [0.717, 1.165) is 31.8 Å². The van der Waals surface area contributed by atoms with Gasteiger partial charge < -0.3 is 14.4 Å². The molecule has 0 atom stereocenters. The van der Waals surface area contributed by atoms with Crippen LogP contribution in [0.4, 0.5) is 0 Å². The summed E-state index contributed by atoms with van der Waals surface area (Å²) in [5.41, 5.74) is 0. The molecular weight excluding hydrogens is 218 g/mol. The van der Waals surface area contributed by atoms with Crippen LogP contribution in [0.3, 0.4) is 0 Å². The van der Waals surface area contributed by atoms with Gasteiger partial charge in [-0.15, -0.1) is 0 Å². The van der Waals surface area contributed by atoms with E-state index in [2.05, 4.69) is 25.0 Å². The quantitative estimate of drug-likeness (QED) is 0.729. The second kappa shape index (κ2) is 6.15. The number of hydrogen-bond acceptors (Lipinski definition) is 5. The number of aromatic nitrogens is 4. The molecule has 0 unspecified atom stereocenters.